The normalized spacial score (nSPS) is 22.4. The zero-order valence-electron chi connectivity index (χ0n) is 17.5. The van der Waals surface area contributed by atoms with E-state index >= 15 is 0 Å². The van der Waals surface area contributed by atoms with Gasteiger partial charge < -0.3 is 24.8 Å². The molecule has 2 N–H and O–H groups in total. The summed E-state index contributed by atoms with van der Waals surface area (Å²) in [5.41, 5.74) is 0.457. The van der Waals surface area contributed by atoms with E-state index in [1.54, 1.807) is 6.20 Å². The summed E-state index contributed by atoms with van der Waals surface area (Å²) in [6.07, 6.45) is 2.54. The first-order valence-corrected chi connectivity index (χ1v) is 10.8. The molecule has 0 amide bonds. The number of β-amino-alcohol motifs (C(OH)–C–C–N with tert-alkyl or cyclic N) is 1. The van der Waals surface area contributed by atoms with Crippen molar-refractivity contribution in [2.45, 2.75) is 18.6 Å². The predicted molar refractivity (Wildman–Crippen MR) is 117 cm³/mol. The molecule has 0 saturated carbocycles. The van der Waals surface area contributed by atoms with Crippen molar-refractivity contribution in [3.63, 3.8) is 0 Å². The third-order valence-corrected chi connectivity index (χ3v) is 5.79. The highest BCUT2D eigenvalue weighted by atomic mass is 16.5. The molecule has 0 spiro atoms. The van der Waals surface area contributed by atoms with E-state index in [4.69, 9.17) is 9.47 Å². The summed E-state index contributed by atoms with van der Waals surface area (Å²) in [5.74, 6) is 1.82. The molecule has 0 aliphatic carbocycles. The van der Waals surface area contributed by atoms with E-state index in [-0.39, 0.29) is 0 Å². The van der Waals surface area contributed by atoms with Gasteiger partial charge in [0.05, 0.1) is 18.8 Å². The van der Waals surface area contributed by atoms with Gasteiger partial charge >= 0.3 is 0 Å². The van der Waals surface area contributed by atoms with Gasteiger partial charge in [-0.1, -0.05) is 18.2 Å². The molecule has 0 unspecified atom stereocenters. The highest BCUT2D eigenvalue weighted by Gasteiger charge is 2.36. The Bertz CT molecular complexity index is 768. The van der Waals surface area contributed by atoms with Crippen LogP contribution in [0.25, 0.3) is 0 Å². The fourth-order valence-electron chi connectivity index (χ4n) is 4.00. The molecule has 2 aliphatic rings. The largest absolute Gasteiger partial charge is 0.492 e. The van der Waals surface area contributed by atoms with Crippen molar-refractivity contribution >= 4 is 5.82 Å². The van der Waals surface area contributed by atoms with Crippen molar-refractivity contribution in [2.75, 3.05) is 64.0 Å². The third-order valence-electron chi connectivity index (χ3n) is 5.79. The minimum atomic E-state index is -0.722. The fourth-order valence-corrected chi connectivity index (χ4v) is 4.00. The maximum absolute atomic E-state index is 10.9. The Morgan fingerprint density at radius 3 is 2.70 bits per heavy atom. The number of rotatable bonds is 9. The van der Waals surface area contributed by atoms with Crippen molar-refractivity contribution in [2.24, 2.45) is 0 Å². The summed E-state index contributed by atoms with van der Waals surface area (Å²) in [6.45, 7) is 7.95. The van der Waals surface area contributed by atoms with E-state index in [1.165, 1.54) is 5.56 Å². The fraction of sp³-hybridized carbons (Fsp3) is 0.522. The lowest BCUT2D eigenvalue weighted by Crippen LogP contribution is -2.43. The average Bonchev–Trinajstić information content (AvgIpc) is 3.18. The number of nitrogens with one attached hydrogen (secondary N) is 1. The Hall–Kier alpha value is -2.19. The lowest BCUT2D eigenvalue weighted by Gasteiger charge is -2.26. The molecular formula is C23H32N4O3. The van der Waals surface area contributed by atoms with E-state index in [0.717, 1.165) is 63.9 Å². The molecule has 1 aromatic carbocycles. The number of anilines is 1. The van der Waals surface area contributed by atoms with Gasteiger partial charge in [-0.25, -0.2) is 4.98 Å². The van der Waals surface area contributed by atoms with E-state index in [0.29, 0.717) is 19.7 Å². The molecule has 2 aliphatic heterocycles. The maximum Gasteiger partial charge on any atom is 0.128 e. The van der Waals surface area contributed by atoms with Gasteiger partial charge in [-0.15, -0.1) is 0 Å². The first kappa shape index (κ1) is 21.1. The van der Waals surface area contributed by atoms with Crippen LogP contribution >= 0.6 is 0 Å². The number of pyridine rings is 1. The molecule has 162 valence electrons. The second kappa shape index (κ2) is 10.2. The SMILES string of the molecule is O[C@]1(CNCc2ccc(OCCN3CCOCC3)cc2)CCN(c2ccccn2)C1. The Kier molecular flexibility index (Phi) is 7.17. The molecule has 7 nitrogen and oxygen atoms in total. The van der Waals surface area contributed by atoms with Gasteiger partial charge in [-0.05, 0) is 36.2 Å². The van der Waals surface area contributed by atoms with Crippen LogP contribution < -0.4 is 15.0 Å². The predicted octanol–water partition coefficient (Wildman–Crippen LogP) is 1.52. The van der Waals surface area contributed by atoms with Crippen LogP contribution in [0.1, 0.15) is 12.0 Å². The van der Waals surface area contributed by atoms with Crippen LogP contribution in [0.2, 0.25) is 0 Å². The molecule has 1 atom stereocenters. The molecule has 1 aromatic heterocycles. The summed E-state index contributed by atoms with van der Waals surface area (Å²) in [6, 6.07) is 14.1. The van der Waals surface area contributed by atoms with Gasteiger partial charge in [0.25, 0.3) is 0 Å². The summed E-state index contributed by atoms with van der Waals surface area (Å²) >= 11 is 0. The molecule has 4 rings (SSSR count). The molecule has 2 saturated heterocycles. The Morgan fingerprint density at radius 1 is 1.10 bits per heavy atom. The zero-order valence-corrected chi connectivity index (χ0v) is 17.5. The minimum Gasteiger partial charge on any atom is -0.492 e. The topological polar surface area (TPSA) is 70.1 Å². The van der Waals surface area contributed by atoms with Gasteiger partial charge in [0.1, 0.15) is 18.2 Å². The highest BCUT2D eigenvalue weighted by molar-refractivity contribution is 5.40. The summed E-state index contributed by atoms with van der Waals surface area (Å²) in [4.78, 5) is 8.89. The Morgan fingerprint density at radius 2 is 1.93 bits per heavy atom. The van der Waals surface area contributed by atoms with Crippen LogP contribution in [0.5, 0.6) is 5.75 Å². The van der Waals surface area contributed by atoms with Gasteiger partial charge in [-0.3, -0.25) is 4.90 Å². The van der Waals surface area contributed by atoms with Crippen LogP contribution in [0.3, 0.4) is 0 Å². The highest BCUT2D eigenvalue weighted by Crippen LogP contribution is 2.25. The molecule has 30 heavy (non-hydrogen) atoms. The van der Waals surface area contributed by atoms with Gasteiger partial charge in [0.15, 0.2) is 0 Å². The van der Waals surface area contributed by atoms with Gasteiger partial charge in [-0.2, -0.15) is 0 Å². The number of aliphatic hydroxyl groups is 1. The third kappa shape index (κ3) is 5.92. The number of aromatic nitrogens is 1. The van der Waals surface area contributed by atoms with E-state index in [9.17, 15) is 5.11 Å². The molecule has 2 fully saturated rings. The monoisotopic (exact) mass is 412 g/mol. The molecule has 0 bridgehead atoms. The number of morpholine rings is 1. The summed E-state index contributed by atoms with van der Waals surface area (Å²) in [7, 11) is 0. The van der Waals surface area contributed by atoms with Crippen molar-refractivity contribution in [3.8, 4) is 5.75 Å². The molecule has 7 heteroatoms. The van der Waals surface area contributed by atoms with E-state index in [1.807, 2.05) is 30.3 Å². The minimum absolute atomic E-state index is 0.564. The van der Waals surface area contributed by atoms with Crippen LogP contribution in [-0.2, 0) is 11.3 Å². The number of hydrogen-bond donors (Lipinski definition) is 2. The lowest BCUT2D eigenvalue weighted by atomic mass is 10.0. The zero-order chi connectivity index (χ0) is 20.7. The number of benzene rings is 1. The summed E-state index contributed by atoms with van der Waals surface area (Å²) < 4.78 is 11.2. The molecular weight excluding hydrogens is 380 g/mol. The number of ether oxygens (including phenoxy) is 2. The number of hydrogen-bond acceptors (Lipinski definition) is 7. The van der Waals surface area contributed by atoms with Crippen molar-refractivity contribution in [1.29, 1.82) is 0 Å². The Balaban J connectivity index is 1.16. The van der Waals surface area contributed by atoms with E-state index in [2.05, 4.69) is 32.2 Å². The smallest absolute Gasteiger partial charge is 0.128 e. The average molecular weight is 413 g/mol. The second-order valence-corrected chi connectivity index (χ2v) is 8.13. The number of nitrogens with zero attached hydrogens (tertiary/aromatic N) is 3. The van der Waals surface area contributed by atoms with Crippen LogP contribution in [0.4, 0.5) is 5.82 Å². The standard InChI is InChI=1S/C23H32N4O3/c28-23(8-10-27(19-23)22-3-1-2-9-25-22)18-24-17-20-4-6-21(7-5-20)30-16-13-26-11-14-29-15-12-26/h1-7,9,24,28H,8,10-19H2/t23-/m0/s1. The van der Waals surface area contributed by atoms with E-state index < -0.39 is 5.60 Å². The van der Waals surface area contributed by atoms with Crippen molar-refractivity contribution in [3.05, 3.63) is 54.2 Å². The van der Waals surface area contributed by atoms with Crippen molar-refractivity contribution in [1.82, 2.24) is 15.2 Å². The van der Waals surface area contributed by atoms with Crippen LogP contribution in [-0.4, -0.2) is 79.7 Å². The van der Waals surface area contributed by atoms with Crippen molar-refractivity contribution < 1.29 is 14.6 Å². The second-order valence-electron chi connectivity index (χ2n) is 8.13. The lowest BCUT2D eigenvalue weighted by molar-refractivity contribution is 0.0322. The first-order chi connectivity index (χ1) is 14.7. The van der Waals surface area contributed by atoms with Gasteiger partial charge in [0, 0.05) is 52.0 Å². The Labute approximate surface area is 178 Å². The molecule has 3 heterocycles. The maximum atomic E-state index is 10.9. The molecule has 0 radical (unpaired) electrons. The quantitative estimate of drug-likeness (QED) is 0.647. The van der Waals surface area contributed by atoms with Gasteiger partial charge in [0.2, 0.25) is 0 Å². The van der Waals surface area contributed by atoms with Crippen LogP contribution in [0.15, 0.2) is 48.7 Å². The first-order valence-electron chi connectivity index (χ1n) is 10.8. The van der Waals surface area contributed by atoms with Crippen LogP contribution in [0, 0.1) is 0 Å². The summed E-state index contributed by atoms with van der Waals surface area (Å²) in [5, 5.41) is 14.3. The molecule has 2 aromatic rings.